The van der Waals surface area contributed by atoms with E-state index in [0.29, 0.717) is 0 Å². The van der Waals surface area contributed by atoms with Crippen LogP contribution in [0, 0.1) is 6.92 Å². The van der Waals surface area contributed by atoms with Gasteiger partial charge in [-0.25, -0.2) is 0 Å². The molecule has 0 bridgehead atoms. The largest absolute Gasteiger partial charge is 0.376 e. The summed E-state index contributed by atoms with van der Waals surface area (Å²) in [4.78, 5) is 1.32. The molecule has 1 aliphatic rings. The molecule has 0 spiro atoms. The molecule has 0 aromatic heterocycles. The Hall–Kier alpha value is -0.160. The van der Waals surface area contributed by atoms with Crippen molar-refractivity contribution < 1.29 is 0 Å². The van der Waals surface area contributed by atoms with E-state index in [-0.39, 0.29) is 6.04 Å². The smallest absolute Gasteiger partial charge is 0.0634 e. The summed E-state index contributed by atoms with van der Waals surface area (Å²) in [6, 6.07) is 10.7. The van der Waals surface area contributed by atoms with E-state index < -0.39 is 0 Å². The lowest BCUT2D eigenvalue weighted by Gasteiger charge is -2.28. The van der Waals surface area contributed by atoms with E-state index in [1.807, 2.05) is 17.8 Å². The Labute approximate surface area is 151 Å². The first-order chi connectivity index (χ1) is 10.0. The fraction of sp³-hybridized carbons (Fsp3) is 0.250. The summed E-state index contributed by atoms with van der Waals surface area (Å²) in [7, 11) is 0. The number of aryl methyl sites for hydroxylation is 1. The maximum atomic E-state index is 6.17. The van der Waals surface area contributed by atoms with Gasteiger partial charge in [-0.1, -0.05) is 11.6 Å². The molecule has 0 saturated carbocycles. The van der Waals surface area contributed by atoms with Gasteiger partial charge >= 0.3 is 0 Å². The molecule has 2 aromatic carbocycles. The molecule has 0 aliphatic carbocycles. The third-order valence-corrected chi connectivity index (χ3v) is 6.12. The summed E-state index contributed by atoms with van der Waals surface area (Å²) in [5.74, 6) is 1.12. The van der Waals surface area contributed by atoms with Crippen molar-refractivity contribution in [2.75, 3.05) is 11.1 Å². The van der Waals surface area contributed by atoms with Gasteiger partial charge in [-0.15, -0.1) is 11.8 Å². The van der Waals surface area contributed by atoms with Gasteiger partial charge in [-0.2, -0.15) is 0 Å². The van der Waals surface area contributed by atoms with Gasteiger partial charge in [0, 0.05) is 24.6 Å². The quantitative estimate of drug-likeness (QED) is 0.542. The van der Waals surface area contributed by atoms with E-state index in [9.17, 15) is 0 Å². The molecule has 1 heterocycles. The predicted octanol–water partition coefficient (Wildman–Crippen LogP) is 6.82. The van der Waals surface area contributed by atoms with E-state index in [1.165, 1.54) is 16.0 Å². The first-order valence-electron chi connectivity index (χ1n) is 6.69. The number of rotatable bonds is 2. The van der Waals surface area contributed by atoms with Crippen LogP contribution in [0.5, 0.6) is 0 Å². The minimum Gasteiger partial charge on any atom is -0.376 e. The Morgan fingerprint density at radius 2 is 1.90 bits per heavy atom. The maximum absolute atomic E-state index is 6.17. The minimum absolute atomic E-state index is 0.287. The van der Waals surface area contributed by atoms with Crippen LogP contribution in [0.2, 0.25) is 5.02 Å². The Kier molecular flexibility index (Phi) is 4.89. The van der Waals surface area contributed by atoms with Crippen molar-refractivity contribution in [3.8, 4) is 0 Å². The Morgan fingerprint density at radius 1 is 1.19 bits per heavy atom. The number of thioether (sulfide) groups is 1. The molecule has 1 aliphatic heterocycles. The second-order valence-corrected chi connectivity index (χ2v) is 8.40. The van der Waals surface area contributed by atoms with Gasteiger partial charge in [0.2, 0.25) is 0 Å². The van der Waals surface area contributed by atoms with Gasteiger partial charge in [0.05, 0.1) is 11.7 Å². The molecule has 1 nitrogen and oxygen atoms in total. The van der Waals surface area contributed by atoms with Crippen molar-refractivity contribution in [1.29, 1.82) is 0 Å². The van der Waals surface area contributed by atoms with Gasteiger partial charge in [0.25, 0.3) is 0 Å². The molecule has 0 saturated heterocycles. The van der Waals surface area contributed by atoms with Crippen LogP contribution in [0.3, 0.4) is 0 Å². The topological polar surface area (TPSA) is 12.0 Å². The summed E-state index contributed by atoms with van der Waals surface area (Å²) in [6.07, 6.45) is 1.09. The highest BCUT2D eigenvalue weighted by atomic mass is 79.9. The number of anilines is 1. The summed E-state index contributed by atoms with van der Waals surface area (Å²) in [5.41, 5.74) is 3.61. The SMILES string of the molecule is Cc1cc(Br)c(NC2CCSc3ccc(Cl)cc32)c(Br)c1. The molecular formula is C16H14Br2ClNS. The Balaban J connectivity index is 1.96. The average Bonchev–Trinajstić information content (AvgIpc) is 2.43. The third-order valence-electron chi connectivity index (χ3n) is 3.52. The highest BCUT2D eigenvalue weighted by Gasteiger charge is 2.22. The average molecular weight is 448 g/mol. The molecule has 2 aromatic rings. The predicted molar refractivity (Wildman–Crippen MR) is 99.7 cm³/mol. The Bertz CT molecular complexity index is 667. The fourth-order valence-electron chi connectivity index (χ4n) is 2.53. The lowest BCUT2D eigenvalue weighted by Crippen LogP contribution is -2.16. The zero-order chi connectivity index (χ0) is 15.0. The molecule has 110 valence electrons. The first kappa shape index (κ1) is 15.7. The van der Waals surface area contributed by atoms with Crippen LogP contribution >= 0.6 is 55.2 Å². The van der Waals surface area contributed by atoms with E-state index in [1.54, 1.807) is 0 Å². The number of benzene rings is 2. The van der Waals surface area contributed by atoms with Crippen LogP contribution in [-0.4, -0.2) is 5.75 Å². The monoisotopic (exact) mass is 445 g/mol. The summed E-state index contributed by atoms with van der Waals surface area (Å²) in [6.45, 7) is 2.09. The molecule has 5 heteroatoms. The normalized spacial score (nSPS) is 17.4. The van der Waals surface area contributed by atoms with Crippen molar-refractivity contribution in [2.24, 2.45) is 0 Å². The molecule has 0 radical (unpaired) electrons. The summed E-state index contributed by atoms with van der Waals surface area (Å²) < 4.78 is 2.16. The number of fused-ring (bicyclic) bond motifs is 1. The van der Waals surface area contributed by atoms with E-state index in [0.717, 1.165) is 31.8 Å². The van der Waals surface area contributed by atoms with Gasteiger partial charge in [-0.05, 0) is 86.7 Å². The van der Waals surface area contributed by atoms with Crippen LogP contribution in [0.15, 0.2) is 44.2 Å². The Morgan fingerprint density at radius 3 is 2.62 bits per heavy atom. The molecule has 0 fully saturated rings. The summed E-state index contributed by atoms with van der Waals surface area (Å²) >= 11 is 15.4. The van der Waals surface area contributed by atoms with Crippen molar-refractivity contribution in [2.45, 2.75) is 24.3 Å². The van der Waals surface area contributed by atoms with Crippen molar-refractivity contribution in [3.63, 3.8) is 0 Å². The van der Waals surface area contributed by atoms with Crippen LogP contribution < -0.4 is 5.32 Å². The number of nitrogens with one attached hydrogen (secondary N) is 1. The van der Waals surface area contributed by atoms with Crippen molar-refractivity contribution in [1.82, 2.24) is 0 Å². The molecular weight excluding hydrogens is 434 g/mol. The second kappa shape index (κ2) is 6.53. The molecule has 3 rings (SSSR count). The zero-order valence-corrected chi connectivity index (χ0v) is 16.2. The third kappa shape index (κ3) is 3.44. The van der Waals surface area contributed by atoms with Gasteiger partial charge < -0.3 is 5.32 Å². The van der Waals surface area contributed by atoms with Crippen LogP contribution in [0.4, 0.5) is 5.69 Å². The molecule has 1 unspecified atom stereocenters. The highest BCUT2D eigenvalue weighted by Crippen LogP contribution is 2.42. The van der Waals surface area contributed by atoms with Crippen LogP contribution in [0.25, 0.3) is 0 Å². The highest BCUT2D eigenvalue weighted by molar-refractivity contribution is 9.11. The van der Waals surface area contributed by atoms with E-state index in [4.69, 9.17) is 11.6 Å². The molecule has 21 heavy (non-hydrogen) atoms. The van der Waals surface area contributed by atoms with Crippen LogP contribution in [0.1, 0.15) is 23.6 Å². The summed E-state index contributed by atoms with van der Waals surface area (Å²) in [5, 5.41) is 4.46. The van der Waals surface area contributed by atoms with Crippen molar-refractivity contribution in [3.05, 3.63) is 55.4 Å². The standard InChI is InChI=1S/C16H14Br2ClNS/c1-9-6-12(17)16(13(18)7-9)20-14-4-5-21-15-3-2-10(19)8-11(14)15/h2-3,6-8,14,20H,4-5H2,1H3. The molecule has 0 amide bonds. The van der Waals surface area contributed by atoms with Crippen LogP contribution in [-0.2, 0) is 0 Å². The second-order valence-electron chi connectivity index (χ2n) is 5.12. The van der Waals surface area contributed by atoms with Gasteiger partial charge in [0.1, 0.15) is 0 Å². The number of hydrogen-bond acceptors (Lipinski definition) is 2. The minimum atomic E-state index is 0.287. The number of hydrogen-bond donors (Lipinski definition) is 1. The van der Waals surface area contributed by atoms with Gasteiger partial charge in [-0.3, -0.25) is 0 Å². The molecule has 1 atom stereocenters. The maximum Gasteiger partial charge on any atom is 0.0634 e. The zero-order valence-electron chi connectivity index (χ0n) is 11.4. The number of halogens is 3. The lowest BCUT2D eigenvalue weighted by molar-refractivity contribution is 0.727. The fourth-order valence-corrected chi connectivity index (χ4v) is 5.46. The molecule has 1 N–H and O–H groups in total. The van der Waals surface area contributed by atoms with E-state index >= 15 is 0 Å². The van der Waals surface area contributed by atoms with Crippen molar-refractivity contribution >= 4 is 60.9 Å². The lowest BCUT2D eigenvalue weighted by atomic mass is 10.0. The van der Waals surface area contributed by atoms with Gasteiger partial charge in [0.15, 0.2) is 0 Å². The van der Waals surface area contributed by atoms with E-state index in [2.05, 4.69) is 68.4 Å². The first-order valence-corrected chi connectivity index (χ1v) is 9.64.